The molecule has 0 aliphatic heterocycles. The van der Waals surface area contributed by atoms with E-state index in [0.717, 1.165) is 23.4 Å². The van der Waals surface area contributed by atoms with E-state index in [4.69, 9.17) is 14.0 Å². The molecular formula is C28H27F3N4O6. The summed E-state index contributed by atoms with van der Waals surface area (Å²) in [5.74, 6) is -1.13. The van der Waals surface area contributed by atoms with Crippen molar-refractivity contribution in [1.29, 1.82) is 0 Å². The molecule has 2 aromatic carbocycles. The van der Waals surface area contributed by atoms with Crippen LogP contribution in [0.2, 0.25) is 0 Å². The number of ether oxygens (including phenoxy) is 3. The van der Waals surface area contributed by atoms with Gasteiger partial charge in [-0.15, -0.1) is 13.2 Å². The lowest BCUT2D eigenvalue weighted by atomic mass is 10.2. The van der Waals surface area contributed by atoms with Crippen LogP contribution in [0.15, 0.2) is 59.1 Å². The smallest absolute Gasteiger partial charge is 0.462 e. The number of benzene rings is 2. The fraction of sp³-hybridized carbons (Fsp3) is 0.321. The number of aryl methyl sites for hydroxylation is 1. The molecule has 0 spiro atoms. The van der Waals surface area contributed by atoms with Gasteiger partial charge in [0.2, 0.25) is 5.82 Å². The zero-order valence-electron chi connectivity index (χ0n) is 22.5. The predicted molar refractivity (Wildman–Crippen MR) is 139 cm³/mol. The number of aromatic nitrogens is 4. The quantitative estimate of drug-likeness (QED) is 0.123. The first kappa shape index (κ1) is 29.3. The zero-order chi connectivity index (χ0) is 29.6. The van der Waals surface area contributed by atoms with Gasteiger partial charge in [0.1, 0.15) is 24.0 Å². The highest BCUT2D eigenvalue weighted by Gasteiger charge is 2.31. The highest BCUT2D eigenvalue weighted by atomic mass is 19.4. The number of hydrogen-bond donors (Lipinski definition) is 0. The molecule has 4 rings (SSSR count). The molecule has 41 heavy (non-hydrogen) atoms. The topological polar surface area (TPSA) is 119 Å². The predicted octanol–water partition coefficient (Wildman–Crippen LogP) is 5.88. The highest BCUT2D eigenvalue weighted by Crippen LogP contribution is 2.27. The van der Waals surface area contributed by atoms with Gasteiger partial charge >= 0.3 is 18.3 Å². The van der Waals surface area contributed by atoms with Gasteiger partial charge in [-0.25, -0.2) is 0 Å². The Balaban J connectivity index is 1.39. The Kier molecular flexibility index (Phi) is 9.05. The van der Waals surface area contributed by atoms with E-state index in [1.807, 2.05) is 26.8 Å². The van der Waals surface area contributed by atoms with Gasteiger partial charge in [0.25, 0.3) is 5.89 Å². The maximum atomic E-state index is 12.4. The number of carbonyl (C=O) groups is 2. The molecule has 0 bridgehead atoms. The van der Waals surface area contributed by atoms with Crippen molar-refractivity contribution < 1.29 is 41.5 Å². The van der Waals surface area contributed by atoms with Crippen molar-refractivity contribution in [2.24, 2.45) is 0 Å². The number of carbonyl (C=O) groups excluding carboxylic acids is 2. The second kappa shape index (κ2) is 12.7. The van der Waals surface area contributed by atoms with Gasteiger partial charge in [-0.1, -0.05) is 31.1 Å². The van der Waals surface area contributed by atoms with Crippen LogP contribution in [-0.2, 0) is 20.9 Å². The standard InChI is InChI=1S/C28H27F3N4O6/c1-4-20(5-2)38-24(36)15-25(37)39-22-8-6-7-18(14-22)16-35-17(3)13-23(33-35)27-32-26(34-41-27)19-9-11-21(12-10-19)40-28(29,30)31/h6-14,20H,4-5,15-16H2,1-3H3. The number of nitrogens with zero attached hydrogens (tertiary/aromatic N) is 4. The normalized spacial score (nSPS) is 11.5. The first-order valence-electron chi connectivity index (χ1n) is 12.8. The second-order valence-corrected chi connectivity index (χ2v) is 9.05. The summed E-state index contributed by atoms with van der Waals surface area (Å²) in [5.41, 5.74) is 2.39. The summed E-state index contributed by atoms with van der Waals surface area (Å²) in [6, 6.07) is 13.6. The average Bonchev–Trinajstić information content (AvgIpc) is 3.54. The first-order valence-corrected chi connectivity index (χ1v) is 12.8. The molecule has 0 aliphatic rings. The molecule has 13 heteroatoms. The third-order valence-electron chi connectivity index (χ3n) is 5.93. The van der Waals surface area contributed by atoms with E-state index in [1.54, 1.807) is 28.9 Å². The summed E-state index contributed by atoms with van der Waals surface area (Å²) >= 11 is 0. The third kappa shape index (κ3) is 8.16. The van der Waals surface area contributed by atoms with Crippen molar-refractivity contribution in [2.75, 3.05) is 0 Å². The molecule has 2 heterocycles. The van der Waals surface area contributed by atoms with Crippen LogP contribution in [0.25, 0.3) is 23.0 Å². The van der Waals surface area contributed by atoms with E-state index in [0.29, 0.717) is 30.6 Å². The first-order chi connectivity index (χ1) is 19.5. The molecule has 10 nitrogen and oxygen atoms in total. The van der Waals surface area contributed by atoms with Crippen molar-refractivity contribution in [3.05, 3.63) is 65.9 Å². The molecule has 0 fully saturated rings. The van der Waals surface area contributed by atoms with Crippen LogP contribution in [0, 0.1) is 6.92 Å². The van der Waals surface area contributed by atoms with Crippen LogP contribution in [-0.4, -0.2) is 44.3 Å². The lowest BCUT2D eigenvalue weighted by Gasteiger charge is -2.13. The van der Waals surface area contributed by atoms with Gasteiger partial charge in [-0.05, 0) is 67.8 Å². The zero-order valence-corrected chi connectivity index (χ0v) is 22.5. The SMILES string of the molecule is CCC(CC)OC(=O)CC(=O)Oc1cccc(Cn2nc(-c3nc(-c4ccc(OC(F)(F)F)cc4)no3)cc2C)c1. The minimum atomic E-state index is -4.79. The van der Waals surface area contributed by atoms with E-state index in [2.05, 4.69) is 20.0 Å². The van der Waals surface area contributed by atoms with E-state index in [-0.39, 0.29) is 29.3 Å². The molecule has 2 aromatic heterocycles. The van der Waals surface area contributed by atoms with Gasteiger partial charge in [-0.2, -0.15) is 10.1 Å². The molecule has 0 saturated heterocycles. The number of halogens is 3. The van der Waals surface area contributed by atoms with Crippen LogP contribution in [0.4, 0.5) is 13.2 Å². The monoisotopic (exact) mass is 572 g/mol. The fourth-order valence-corrected chi connectivity index (χ4v) is 3.87. The molecule has 0 atom stereocenters. The Morgan fingerprint density at radius 1 is 1.00 bits per heavy atom. The molecule has 4 aromatic rings. The molecule has 0 aliphatic carbocycles. The fourth-order valence-electron chi connectivity index (χ4n) is 3.87. The Hall–Kier alpha value is -4.68. The largest absolute Gasteiger partial charge is 0.573 e. The molecule has 0 saturated carbocycles. The lowest BCUT2D eigenvalue weighted by Crippen LogP contribution is -2.21. The summed E-state index contributed by atoms with van der Waals surface area (Å²) in [6.45, 7) is 5.97. The third-order valence-corrected chi connectivity index (χ3v) is 5.93. The van der Waals surface area contributed by atoms with Crippen LogP contribution in [0.5, 0.6) is 11.5 Å². The second-order valence-electron chi connectivity index (χ2n) is 9.05. The van der Waals surface area contributed by atoms with Crippen LogP contribution < -0.4 is 9.47 Å². The van der Waals surface area contributed by atoms with Gasteiger partial charge in [-0.3, -0.25) is 14.3 Å². The summed E-state index contributed by atoms with van der Waals surface area (Å²) < 4.78 is 58.6. The van der Waals surface area contributed by atoms with Crippen molar-refractivity contribution in [3.63, 3.8) is 0 Å². The van der Waals surface area contributed by atoms with Crippen molar-refractivity contribution >= 4 is 11.9 Å². The van der Waals surface area contributed by atoms with Crippen LogP contribution >= 0.6 is 0 Å². The van der Waals surface area contributed by atoms with Gasteiger partial charge < -0.3 is 18.7 Å². The van der Waals surface area contributed by atoms with E-state index in [9.17, 15) is 22.8 Å². The van der Waals surface area contributed by atoms with Crippen molar-refractivity contribution in [2.45, 2.75) is 59.0 Å². The maximum Gasteiger partial charge on any atom is 0.573 e. The highest BCUT2D eigenvalue weighted by molar-refractivity contribution is 5.92. The number of hydrogen-bond acceptors (Lipinski definition) is 9. The van der Waals surface area contributed by atoms with Crippen molar-refractivity contribution in [1.82, 2.24) is 19.9 Å². The Labute approximate surface area is 233 Å². The minimum absolute atomic E-state index is 0.125. The molecule has 216 valence electrons. The molecule has 0 N–H and O–H groups in total. The van der Waals surface area contributed by atoms with Crippen LogP contribution in [0.3, 0.4) is 0 Å². The van der Waals surface area contributed by atoms with Gasteiger partial charge in [0.05, 0.1) is 6.54 Å². The maximum absolute atomic E-state index is 12.4. The molecule has 0 radical (unpaired) electrons. The Morgan fingerprint density at radius 3 is 2.41 bits per heavy atom. The van der Waals surface area contributed by atoms with Gasteiger partial charge in [0, 0.05) is 11.3 Å². The van der Waals surface area contributed by atoms with E-state index < -0.39 is 24.7 Å². The number of rotatable bonds is 11. The van der Waals surface area contributed by atoms with E-state index >= 15 is 0 Å². The minimum Gasteiger partial charge on any atom is -0.462 e. The Bertz CT molecular complexity index is 1490. The molecule has 0 unspecified atom stereocenters. The lowest BCUT2D eigenvalue weighted by molar-refractivity contribution is -0.274. The summed E-state index contributed by atoms with van der Waals surface area (Å²) in [4.78, 5) is 28.5. The summed E-state index contributed by atoms with van der Waals surface area (Å²) in [5, 5.41) is 8.41. The number of alkyl halides is 3. The van der Waals surface area contributed by atoms with E-state index in [1.165, 1.54) is 12.1 Å². The summed E-state index contributed by atoms with van der Waals surface area (Å²) in [6.07, 6.45) is -4.17. The Morgan fingerprint density at radius 2 is 1.73 bits per heavy atom. The van der Waals surface area contributed by atoms with Crippen molar-refractivity contribution in [3.8, 4) is 34.5 Å². The molecule has 0 amide bonds. The average molecular weight is 573 g/mol. The van der Waals surface area contributed by atoms with Gasteiger partial charge in [0.15, 0.2) is 5.69 Å². The molecular weight excluding hydrogens is 545 g/mol. The summed E-state index contributed by atoms with van der Waals surface area (Å²) in [7, 11) is 0. The number of esters is 2. The van der Waals surface area contributed by atoms with Crippen LogP contribution in [0.1, 0.15) is 44.4 Å².